The summed E-state index contributed by atoms with van der Waals surface area (Å²) >= 11 is 0. The summed E-state index contributed by atoms with van der Waals surface area (Å²) in [6, 6.07) is 3.99. The fraction of sp³-hybridized carbons (Fsp3) is 0.471. The molecule has 2 amide bonds. The Kier molecular flexibility index (Phi) is 4.63. The largest absolute Gasteiger partial charge is 0.395 e. The number of β-amino-alcohol motifs (C(OH)–C–C–N with tert-alkyl or cyclic N) is 1. The number of aromatic nitrogens is 3. The SMILES string of the molecule is Cc1ccc(C)n1-c1c(C(=O)N2CCN(CCO)C(=O)C2)cnn1C. The highest BCUT2D eigenvalue weighted by molar-refractivity contribution is 5.99. The normalized spacial score (nSPS) is 15.1. The predicted octanol–water partition coefficient (Wildman–Crippen LogP) is 0.104. The number of hydrogen-bond donors (Lipinski definition) is 1. The van der Waals surface area contributed by atoms with E-state index in [0.717, 1.165) is 11.4 Å². The average Bonchev–Trinajstić information content (AvgIpc) is 3.11. The summed E-state index contributed by atoms with van der Waals surface area (Å²) in [5, 5.41) is 13.3. The first kappa shape index (κ1) is 17.2. The van der Waals surface area contributed by atoms with E-state index in [0.29, 0.717) is 31.0 Å². The lowest BCUT2D eigenvalue weighted by atomic mass is 10.2. The summed E-state index contributed by atoms with van der Waals surface area (Å²) < 4.78 is 3.67. The molecule has 1 N–H and O–H groups in total. The summed E-state index contributed by atoms with van der Waals surface area (Å²) in [7, 11) is 1.80. The zero-order valence-electron chi connectivity index (χ0n) is 14.8. The van der Waals surface area contributed by atoms with Crippen LogP contribution in [0.5, 0.6) is 0 Å². The van der Waals surface area contributed by atoms with Crippen molar-refractivity contribution in [1.82, 2.24) is 24.1 Å². The molecule has 0 aromatic carbocycles. The Morgan fingerprint density at radius 1 is 1.24 bits per heavy atom. The lowest BCUT2D eigenvalue weighted by molar-refractivity contribution is -0.135. The first-order valence-electron chi connectivity index (χ1n) is 8.29. The van der Waals surface area contributed by atoms with Crippen LogP contribution in [-0.4, -0.2) is 73.9 Å². The molecule has 0 atom stereocenters. The third-order valence-electron chi connectivity index (χ3n) is 4.60. The monoisotopic (exact) mass is 345 g/mol. The van der Waals surface area contributed by atoms with Crippen molar-refractivity contribution in [2.45, 2.75) is 13.8 Å². The number of aliphatic hydroxyl groups is 1. The van der Waals surface area contributed by atoms with Gasteiger partial charge in [-0.3, -0.25) is 14.3 Å². The Bertz CT molecular complexity index is 788. The quantitative estimate of drug-likeness (QED) is 0.852. The van der Waals surface area contributed by atoms with Crippen molar-refractivity contribution in [1.29, 1.82) is 0 Å². The molecule has 2 aromatic rings. The molecule has 2 aromatic heterocycles. The molecule has 3 rings (SSSR count). The van der Waals surface area contributed by atoms with Crippen molar-refractivity contribution < 1.29 is 14.7 Å². The van der Waals surface area contributed by atoms with Crippen LogP contribution in [0.2, 0.25) is 0 Å². The van der Waals surface area contributed by atoms with Gasteiger partial charge in [0.05, 0.1) is 12.8 Å². The summed E-state index contributed by atoms with van der Waals surface area (Å²) in [6.45, 7) is 5.10. The summed E-state index contributed by atoms with van der Waals surface area (Å²) in [5.74, 6) is 0.357. The van der Waals surface area contributed by atoms with E-state index in [1.165, 1.54) is 0 Å². The zero-order chi connectivity index (χ0) is 18.1. The minimum Gasteiger partial charge on any atom is -0.395 e. The maximum Gasteiger partial charge on any atom is 0.259 e. The molecule has 134 valence electrons. The van der Waals surface area contributed by atoms with E-state index in [1.54, 1.807) is 27.7 Å². The maximum atomic E-state index is 13.0. The van der Waals surface area contributed by atoms with Gasteiger partial charge in [-0.1, -0.05) is 0 Å². The third kappa shape index (κ3) is 3.05. The summed E-state index contributed by atoms with van der Waals surface area (Å²) in [4.78, 5) is 28.3. The number of carbonyl (C=O) groups excluding carboxylic acids is 2. The second-order valence-electron chi connectivity index (χ2n) is 6.29. The first-order valence-corrected chi connectivity index (χ1v) is 8.29. The molecule has 0 unspecified atom stereocenters. The lowest BCUT2D eigenvalue weighted by Gasteiger charge is -2.34. The summed E-state index contributed by atoms with van der Waals surface area (Å²) in [5.41, 5.74) is 2.51. The molecule has 3 heterocycles. The van der Waals surface area contributed by atoms with Crippen LogP contribution in [0.15, 0.2) is 18.3 Å². The van der Waals surface area contributed by atoms with Gasteiger partial charge in [-0.05, 0) is 26.0 Å². The maximum absolute atomic E-state index is 13.0. The van der Waals surface area contributed by atoms with Crippen molar-refractivity contribution in [2.75, 3.05) is 32.8 Å². The van der Waals surface area contributed by atoms with Crippen LogP contribution in [-0.2, 0) is 11.8 Å². The van der Waals surface area contributed by atoms with Gasteiger partial charge in [0.1, 0.15) is 17.9 Å². The average molecular weight is 345 g/mol. The van der Waals surface area contributed by atoms with Gasteiger partial charge in [-0.2, -0.15) is 5.10 Å². The first-order chi connectivity index (χ1) is 11.9. The van der Waals surface area contributed by atoms with E-state index < -0.39 is 0 Å². The molecule has 1 saturated heterocycles. The Balaban J connectivity index is 1.89. The molecule has 1 fully saturated rings. The fourth-order valence-corrected chi connectivity index (χ4v) is 3.26. The second-order valence-corrected chi connectivity index (χ2v) is 6.29. The van der Waals surface area contributed by atoms with Gasteiger partial charge in [0.25, 0.3) is 5.91 Å². The van der Waals surface area contributed by atoms with Gasteiger partial charge in [-0.15, -0.1) is 0 Å². The van der Waals surface area contributed by atoms with E-state index in [2.05, 4.69) is 5.10 Å². The Labute approximate surface area is 146 Å². The van der Waals surface area contributed by atoms with Crippen LogP contribution in [0.4, 0.5) is 0 Å². The number of amides is 2. The Hall–Kier alpha value is -2.61. The minimum absolute atomic E-state index is 0.0246. The van der Waals surface area contributed by atoms with Crippen molar-refractivity contribution in [2.24, 2.45) is 7.05 Å². The smallest absolute Gasteiger partial charge is 0.259 e. The molecular weight excluding hydrogens is 322 g/mol. The van der Waals surface area contributed by atoms with Gasteiger partial charge >= 0.3 is 0 Å². The fourth-order valence-electron chi connectivity index (χ4n) is 3.26. The van der Waals surface area contributed by atoms with Crippen molar-refractivity contribution >= 4 is 11.8 Å². The Morgan fingerprint density at radius 3 is 2.52 bits per heavy atom. The zero-order valence-corrected chi connectivity index (χ0v) is 14.8. The van der Waals surface area contributed by atoms with Gasteiger partial charge < -0.3 is 19.5 Å². The minimum atomic E-state index is -0.201. The molecule has 1 aliphatic heterocycles. The van der Waals surface area contributed by atoms with Crippen molar-refractivity contribution in [3.63, 3.8) is 0 Å². The van der Waals surface area contributed by atoms with Crippen LogP contribution in [0.3, 0.4) is 0 Å². The molecule has 25 heavy (non-hydrogen) atoms. The number of carbonyl (C=O) groups is 2. The third-order valence-corrected chi connectivity index (χ3v) is 4.60. The number of aryl methyl sites for hydroxylation is 3. The van der Waals surface area contributed by atoms with Gasteiger partial charge in [0.2, 0.25) is 5.91 Å². The predicted molar refractivity (Wildman–Crippen MR) is 91.6 cm³/mol. The van der Waals surface area contributed by atoms with Gasteiger partial charge in [0, 0.05) is 38.1 Å². The number of aliphatic hydroxyl groups excluding tert-OH is 1. The number of nitrogens with zero attached hydrogens (tertiary/aromatic N) is 5. The molecule has 0 radical (unpaired) electrons. The summed E-state index contributed by atoms with van der Waals surface area (Å²) in [6.07, 6.45) is 1.56. The standard InChI is InChI=1S/C17H23N5O3/c1-12-4-5-13(2)22(12)16-14(10-18-19(16)3)17(25)21-7-6-20(8-9-23)15(24)11-21/h4-5,10,23H,6-9,11H2,1-3H3. The van der Waals surface area contributed by atoms with Gasteiger partial charge in [0.15, 0.2) is 0 Å². The molecule has 1 aliphatic rings. The highest BCUT2D eigenvalue weighted by atomic mass is 16.3. The van der Waals surface area contributed by atoms with Crippen molar-refractivity contribution in [3.05, 3.63) is 35.3 Å². The van der Waals surface area contributed by atoms with Crippen LogP contribution in [0, 0.1) is 13.8 Å². The van der Waals surface area contributed by atoms with E-state index >= 15 is 0 Å². The topological polar surface area (TPSA) is 83.6 Å². The van der Waals surface area contributed by atoms with Crippen LogP contribution >= 0.6 is 0 Å². The molecule has 0 saturated carbocycles. The van der Waals surface area contributed by atoms with E-state index in [9.17, 15) is 9.59 Å². The molecule has 8 nitrogen and oxygen atoms in total. The Morgan fingerprint density at radius 2 is 1.92 bits per heavy atom. The van der Waals surface area contributed by atoms with Crippen LogP contribution in [0.1, 0.15) is 21.7 Å². The molecule has 0 spiro atoms. The number of piperazine rings is 1. The van der Waals surface area contributed by atoms with Crippen LogP contribution in [0.25, 0.3) is 5.82 Å². The van der Waals surface area contributed by atoms with E-state index in [4.69, 9.17) is 5.11 Å². The molecule has 8 heteroatoms. The highest BCUT2D eigenvalue weighted by Crippen LogP contribution is 2.21. The molecule has 0 aliphatic carbocycles. The number of hydrogen-bond acceptors (Lipinski definition) is 4. The molecular formula is C17H23N5O3. The van der Waals surface area contributed by atoms with Gasteiger partial charge in [-0.25, -0.2) is 0 Å². The highest BCUT2D eigenvalue weighted by Gasteiger charge is 2.30. The van der Waals surface area contributed by atoms with E-state index in [-0.39, 0.29) is 25.0 Å². The van der Waals surface area contributed by atoms with Crippen molar-refractivity contribution in [3.8, 4) is 5.82 Å². The van der Waals surface area contributed by atoms with E-state index in [1.807, 2.05) is 30.5 Å². The molecule has 0 bridgehead atoms. The number of rotatable bonds is 4. The second kappa shape index (κ2) is 6.72. The van der Waals surface area contributed by atoms with Crippen LogP contribution < -0.4 is 0 Å². The lowest BCUT2D eigenvalue weighted by Crippen LogP contribution is -2.52.